The molecule has 0 fully saturated rings. The number of hydrogen-bond acceptors (Lipinski definition) is 7. The Kier molecular flexibility index (Phi) is 5.54. The third-order valence-corrected chi connectivity index (χ3v) is 5.44. The standard InChI is InChI=1S/C25H20N4O6/c1-3-34-24(31)15-6-4-14(5-7-15)20-11-9-17(35-20)13-26-29-23(30)22-21(28-25(29)32)18-10-8-16(33-2)12-19(18)27-22/h4-13,27H,3H2,1-2H3,(H,28,32). The van der Waals surface area contributed by atoms with E-state index in [2.05, 4.69) is 15.1 Å². The van der Waals surface area contributed by atoms with Crippen LogP contribution in [0.25, 0.3) is 33.3 Å². The number of nitrogens with one attached hydrogen (secondary N) is 2. The van der Waals surface area contributed by atoms with Gasteiger partial charge in [-0.25, -0.2) is 9.59 Å². The SMILES string of the molecule is CCOC(=O)c1ccc(-c2ccc(C=Nn3c(=O)[nH]c4c([nH]c5cc(OC)ccc54)c3=O)o2)cc1. The van der Waals surface area contributed by atoms with Crippen LogP contribution in [0.5, 0.6) is 5.75 Å². The van der Waals surface area contributed by atoms with E-state index in [0.717, 1.165) is 10.2 Å². The molecule has 0 atom stereocenters. The minimum absolute atomic E-state index is 0.215. The molecule has 176 valence electrons. The molecule has 2 aromatic carbocycles. The highest BCUT2D eigenvalue weighted by molar-refractivity contribution is 6.04. The third-order valence-electron chi connectivity index (χ3n) is 5.44. The van der Waals surface area contributed by atoms with Crippen LogP contribution in [-0.4, -0.2) is 40.5 Å². The average Bonchev–Trinajstić information content (AvgIpc) is 3.49. The number of hydrogen-bond donors (Lipinski definition) is 2. The van der Waals surface area contributed by atoms with Gasteiger partial charge in [0.1, 0.15) is 22.8 Å². The summed E-state index contributed by atoms with van der Waals surface area (Å²) >= 11 is 0. The van der Waals surface area contributed by atoms with Gasteiger partial charge >= 0.3 is 17.2 Å². The molecule has 0 aliphatic rings. The first kappa shape index (κ1) is 22.0. The summed E-state index contributed by atoms with van der Waals surface area (Å²) in [6.45, 7) is 2.05. The van der Waals surface area contributed by atoms with Crippen LogP contribution in [0.1, 0.15) is 23.0 Å². The smallest absolute Gasteiger partial charge is 0.350 e. The van der Waals surface area contributed by atoms with E-state index in [9.17, 15) is 14.4 Å². The zero-order valence-corrected chi connectivity index (χ0v) is 18.8. The number of nitrogens with zero attached hydrogens (tertiary/aromatic N) is 2. The Morgan fingerprint density at radius 3 is 2.60 bits per heavy atom. The Balaban J connectivity index is 1.44. The Morgan fingerprint density at radius 1 is 1.06 bits per heavy atom. The maximum Gasteiger partial charge on any atom is 0.350 e. The third kappa shape index (κ3) is 4.01. The van der Waals surface area contributed by atoms with Crippen molar-refractivity contribution in [1.29, 1.82) is 0 Å². The van der Waals surface area contributed by atoms with Gasteiger partial charge in [0, 0.05) is 17.0 Å². The van der Waals surface area contributed by atoms with Crippen LogP contribution < -0.4 is 16.0 Å². The molecule has 0 saturated heterocycles. The lowest BCUT2D eigenvalue weighted by atomic mass is 10.1. The molecule has 35 heavy (non-hydrogen) atoms. The first-order chi connectivity index (χ1) is 17.0. The van der Waals surface area contributed by atoms with Gasteiger partial charge in [0.2, 0.25) is 0 Å². The Bertz CT molecular complexity index is 1700. The normalized spacial score (nSPS) is 11.5. The topological polar surface area (TPSA) is 132 Å². The zero-order chi connectivity index (χ0) is 24.5. The van der Waals surface area contributed by atoms with Gasteiger partial charge < -0.3 is 23.9 Å². The number of aromatic nitrogens is 3. The van der Waals surface area contributed by atoms with Crippen molar-refractivity contribution in [3.8, 4) is 17.1 Å². The van der Waals surface area contributed by atoms with Crippen LogP contribution in [0.2, 0.25) is 0 Å². The molecule has 10 nitrogen and oxygen atoms in total. The van der Waals surface area contributed by atoms with Gasteiger partial charge in [0.05, 0.1) is 36.5 Å². The van der Waals surface area contributed by atoms with Crippen LogP contribution in [-0.2, 0) is 4.74 Å². The van der Waals surface area contributed by atoms with Crippen molar-refractivity contribution in [2.75, 3.05) is 13.7 Å². The number of benzene rings is 2. The van der Waals surface area contributed by atoms with Gasteiger partial charge in [0.25, 0.3) is 0 Å². The largest absolute Gasteiger partial charge is 0.497 e. The highest BCUT2D eigenvalue weighted by Gasteiger charge is 2.13. The Morgan fingerprint density at radius 2 is 1.86 bits per heavy atom. The number of H-pyrrole nitrogens is 2. The summed E-state index contributed by atoms with van der Waals surface area (Å²) in [7, 11) is 1.55. The molecule has 3 heterocycles. The molecule has 0 aliphatic heterocycles. The second-order valence-corrected chi connectivity index (χ2v) is 7.58. The van der Waals surface area contributed by atoms with Gasteiger partial charge in [-0.05, 0) is 43.3 Å². The zero-order valence-electron chi connectivity index (χ0n) is 18.8. The molecule has 3 aromatic heterocycles. The van der Waals surface area contributed by atoms with Gasteiger partial charge in [-0.15, -0.1) is 4.68 Å². The average molecular weight is 472 g/mol. The van der Waals surface area contributed by atoms with E-state index in [0.29, 0.717) is 45.9 Å². The summed E-state index contributed by atoms with van der Waals surface area (Å²) in [4.78, 5) is 43.1. The molecule has 0 amide bonds. The van der Waals surface area contributed by atoms with Crippen LogP contribution in [0, 0.1) is 0 Å². The number of fused-ring (bicyclic) bond motifs is 3. The van der Waals surface area contributed by atoms with Crippen LogP contribution in [0.4, 0.5) is 0 Å². The lowest BCUT2D eigenvalue weighted by Crippen LogP contribution is -2.32. The molecule has 0 spiro atoms. The number of aromatic amines is 2. The molecule has 0 saturated carbocycles. The highest BCUT2D eigenvalue weighted by atomic mass is 16.5. The molecule has 2 N–H and O–H groups in total. The molecule has 5 aromatic rings. The predicted molar refractivity (Wildman–Crippen MR) is 130 cm³/mol. The molecule has 0 bridgehead atoms. The predicted octanol–water partition coefficient (Wildman–Crippen LogP) is 3.50. The number of carbonyl (C=O) groups is 1. The molecule has 0 unspecified atom stereocenters. The van der Waals surface area contributed by atoms with E-state index in [-0.39, 0.29) is 5.52 Å². The van der Waals surface area contributed by atoms with Crippen molar-refractivity contribution in [2.24, 2.45) is 5.10 Å². The molecule has 0 radical (unpaired) electrons. The van der Waals surface area contributed by atoms with E-state index >= 15 is 0 Å². The summed E-state index contributed by atoms with van der Waals surface area (Å²) in [6.07, 6.45) is 1.28. The molecule has 5 rings (SSSR count). The van der Waals surface area contributed by atoms with E-state index in [1.54, 1.807) is 68.6 Å². The fourth-order valence-corrected chi connectivity index (χ4v) is 3.73. The summed E-state index contributed by atoms with van der Waals surface area (Å²) in [5, 5.41) is 4.72. The fraction of sp³-hybridized carbons (Fsp3) is 0.120. The minimum Gasteiger partial charge on any atom is -0.497 e. The molecule has 10 heteroatoms. The monoisotopic (exact) mass is 472 g/mol. The van der Waals surface area contributed by atoms with Crippen LogP contribution >= 0.6 is 0 Å². The second kappa shape index (κ2) is 8.82. The Labute approximate surface area is 197 Å². The number of esters is 1. The summed E-state index contributed by atoms with van der Waals surface area (Å²) < 4.78 is 16.7. The van der Waals surface area contributed by atoms with Crippen molar-refractivity contribution >= 4 is 34.1 Å². The van der Waals surface area contributed by atoms with Crippen molar-refractivity contribution in [2.45, 2.75) is 6.92 Å². The summed E-state index contributed by atoms with van der Waals surface area (Å²) in [6, 6.07) is 15.4. The number of carbonyl (C=O) groups excluding carboxylic acids is 1. The van der Waals surface area contributed by atoms with Crippen molar-refractivity contribution in [3.63, 3.8) is 0 Å². The van der Waals surface area contributed by atoms with Gasteiger partial charge in [-0.1, -0.05) is 12.1 Å². The number of methoxy groups -OCH3 is 1. The van der Waals surface area contributed by atoms with Gasteiger partial charge in [-0.3, -0.25) is 4.79 Å². The second-order valence-electron chi connectivity index (χ2n) is 7.58. The quantitative estimate of drug-likeness (QED) is 0.287. The lowest BCUT2D eigenvalue weighted by molar-refractivity contribution is 0.0526. The molecular weight excluding hydrogens is 452 g/mol. The maximum atomic E-state index is 13.0. The van der Waals surface area contributed by atoms with Gasteiger partial charge in [-0.2, -0.15) is 5.10 Å². The van der Waals surface area contributed by atoms with Crippen molar-refractivity contribution < 1.29 is 18.7 Å². The van der Waals surface area contributed by atoms with E-state index < -0.39 is 17.2 Å². The van der Waals surface area contributed by atoms with Crippen LogP contribution in [0.15, 0.2) is 73.7 Å². The first-order valence-corrected chi connectivity index (χ1v) is 10.7. The van der Waals surface area contributed by atoms with E-state index in [1.165, 1.54) is 6.21 Å². The number of ether oxygens (including phenoxy) is 2. The number of rotatable bonds is 6. The number of furan rings is 1. The van der Waals surface area contributed by atoms with E-state index in [1.807, 2.05) is 0 Å². The summed E-state index contributed by atoms with van der Waals surface area (Å²) in [5.41, 5.74) is 1.16. The first-order valence-electron chi connectivity index (χ1n) is 10.7. The molecule has 0 aliphatic carbocycles. The molecular formula is C25H20N4O6. The van der Waals surface area contributed by atoms with Crippen molar-refractivity contribution in [1.82, 2.24) is 14.6 Å². The van der Waals surface area contributed by atoms with E-state index in [4.69, 9.17) is 13.9 Å². The van der Waals surface area contributed by atoms with Crippen molar-refractivity contribution in [3.05, 3.63) is 86.8 Å². The summed E-state index contributed by atoms with van der Waals surface area (Å²) in [5.74, 6) is 1.09. The van der Waals surface area contributed by atoms with Crippen LogP contribution in [0.3, 0.4) is 0 Å². The Hall–Kier alpha value is -4.86. The maximum absolute atomic E-state index is 13.0. The fourth-order valence-electron chi connectivity index (χ4n) is 3.73. The van der Waals surface area contributed by atoms with Gasteiger partial charge in [0.15, 0.2) is 0 Å². The lowest BCUT2D eigenvalue weighted by Gasteiger charge is -2.02. The minimum atomic E-state index is -0.684. The highest BCUT2D eigenvalue weighted by Crippen LogP contribution is 2.25.